The van der Waals surface area contributed by atoms with E-state index in [0.29, 0.717) is 18.5 Å². The van der Waals surface area contributed by atoms with Gasteiger partial charge >= 0.3 is 6.18 Å². The van der Waals surface area contributed by atoms with E-state index in [1.54, 1.807) is 6.07 Å². The standard InChI is InChI=1S/C14H17F3N2O2/c1-19(13(21)12-6-11(20)7-18-12)8-9-3-2-4-10(5-9)14(15,16)17/h2-5,11-12,18,20H,6-8H2,1H3/t11-,12-/m1/s1. The van der Waals surface area contributed by atoms with Crippen molar-refractivity contribution < 1.29 is 23.1 Å². The fourth-order valence-electron chi connectivity index (χ4n) is 2.37. The number of alkyl halides is 3. The zero-order valence-corrected chi connectivity index (χ0v) is 11.5. The summed E-state index contributed by atoms with van der Waals surface area (Å²) in [7, 11) is 1.54. The molecule has 0 aromatic heterocycles. The quantitative estimate of drug-likeness (QED) is 0.887. The van der Waals surface area contributed by atoms with E-state index in [4.69, 9.17) is 0 Å². The molecule has 116 valence electrons. The maximum atomic E-state index is 12.6. The van der Waals surface area contributed by atoms with Gasteiger partial charge in [0.2, 0.25) is 5.91 Å². The Labute approximate surface area is 120 Å². The lowest BCUT2D eigenvalue weighted by atomic mass is 10.1. The zero-order chi connectivity index (χ0) is 15.6. The molecule has 21 heavy (non-hydrogen) atoms. The summed E-state index contributed by atoms with van der Waals surface area (Å²) in [6, 6.07) is 4.45. The van der Waals surface area contributed by atoms with Gasteiger partial charge in [-0.1, -0.05) is 12.1 Å². The third kappa shape index (κ3) is 3.95. The van der Waals surface area contributed by atoms with E-state index in [2.05, 4.69) is 5.32 Å². The second-order valence-corrected chi connectivity index (χ2v) is 5.24. The van der Waals surface area contributed by atoms with Gasteiger partial charge in [-0.2, -0.15) is 13.2 Å². The largest absolute Gasteiger partial charge is 0.416 e. The Balaban J connectivity index is 2.02. The first-order valence-electron chi connectivity index (χ1n) is 6.60. The van der Waals surface area contributed by atoms with Gasteiger partial charge in [0.15, 0.2) is 0 Å². The Hall–Kier alpha value is -1.60. The molecule has 4 nitrogen and oxygen atoms in total. The van der Waals surface area contributed by atoms with Crippen LogP contribution in [0.5, 0.6) is 0 Å². The molecule has 2 atom stereocenters. The first kappa shape index (κ1) is 15.8. The van der Waals surface area contributed by atoms with Gasteiger partial charge in [0.1, 0.15) is 0 Å². The molecule has 0 unspecified atom stereocenters. The van der Waals surface area contributed by atoms with E-state index in [9.17, 15) is 23.1 Å². The van der Waals surface area contributed by atoms with Crippen LogP contribution < -0.4 is 5.32 Å². The van der Waals surface area contributed by atoms with Gasteiger partial charge in [-0.3, -0.25) is 4.79 Å². The third-order valence-electron chi connectivity index (χ3n) is 3.46. The number of hydrogen-bond acceptors (Lipinski definition) is 3. The number of amides is 1. The van der Waals surface area contributed by atoms with Crippen molar-refractivity contribution in [3.8, 4) is 0 Å². The van der Waals surface area contributed by atoms with Gasteiger partial charge < -0.3 is 15.3 Å². The number of aliphatic hydroxyl groups excluding tert-OH is 1. The van der Waals surface area contributed by atoms with Crippen LogP contribution in [0.25, 0.3) is 0 Å². The number of aliphatic hydroxyl groups is 1. The number of nitrogens with one attached hydrogen (secondary N) is 1. The van der Waals surface area contributed by atoms with Gasteiger partial charge in [0.25, 0.3) is 0 Å². The highest BCUT2D eigenvalue weighted by Crippen LogP contribution is 2.29. The Bertz CT molecular complexity index is 519. The topological polar surface area (TPSA) is 52.6 Å². The molecule has 7 heteroatoms. The molecule has 1 aliphatic rings. The molecule has 1 aliphatic heterocycles. The molecule has 1 fully saturated rings. The Morgan fingerprint density at radius 1 is 1.48 bits per heavy atom. The smallest absolute Gasteiger partial charge is 0.392 e. The molecule has 0 spiro atoms. The van der Waals surface area contributed by atoms with Gasteiger partial charge in [0, 0.05) is 20.1 Å². The normalized spacial score (nSPS) is 22.3. The molecular weight excluding hydrogens is 285 g/mol. The van der Waals surface area contributed by atoms with Crippen molar-refractivity contribution in [1.29, 1.82) is 0 Å². The summed E-state index contributed by atoms with van der Waals surface area (Å²) in [6.45, 7) is 0.449. The van der Waals surface area contributed by atoms with Gasteiger partial charge in [-0.05, 0) is 24.1 Å². The van der Waals surface area contributed by atoms with Crippen LogP contribution in [0.3, 0.4) is 0 Å². The van der Waals surface area contributed by atoms with E-state index < -0.39 is 23.9 Å². The number of benzene rings is 1. The molecule has 1 saturated heterocycles. The van der Waals surface area contributed by atoms with Crippen molar-refractivity contribution in [3.63, 3.8) is 0 Å². The average molecular weight is 302 g/mol. The van der Waals surface area contributed by atoms with Gasteiger partial charge in [0.05, 0.1) is 17.7 Å². The molecule has 0 saturated carbocycles. The van der Waals surface area contributed by atoms with Gasteiger partial charge in [-0.25, -0.2) is 0 Å². The number of rotatable bonds is 3. The highest BCUT2D eigenvalue weighted by molar-refractivity contribution is 5.82. The Morgan fingerprint density at radius 3 is 2.76 bits per heavy atom. The fraction of sp³-hybridized carbons (Fsp3) is 0.500. The number of carbonyl (C=O) groups is 1. The Kier molecular flexibility index (Phi) is 4.53. The van der Waals surface area contributed by atoms with Crippen LogP contribution in [0.4, 0.5) is 13.2 Å². The second kappa shape index (κ2) is 6.03. The van der Waals surface area contributed by atoms with Crippen LogP contribution in [0.2, 0.25) is 0 Å². The van der Waals surface area contributed by atoms with E-state index in [0.717, 1.165) is 12.1 Å². The fourth-order valence-corrected chi connectivity index (χ4v) is 2.37. The maximum Gasteiger partial charge on any atom is 0.416 e. The third-order valence-corrected chi connectivity index (χ3v) is 3.46. The lowest BCUT2D eigenvalue weighted by molar-refractivity contribution is -0.137. The van der Waals surface area contributed by atoms with Crippen LogP contribution in [-0.4, -0.2) is 41.7 Å². The minimum Gasteiger partial charge on any atom is -0.392 e. The van der Waals surface area contributed by atoms with Crippen molar-refractivity contribution in [2.75, 3.05) is 13.6 Å². The molecule has 1 aromatic rings. The summed E-state index contributed by atoms with van der Waals surface area (Å²) in [4.78, 5) is 13.5. The number of likely N-dealkylation sites (N-methyl/N-ethyl adjacent to an activating group) is 1. The van der Waals surface area contributed by atoms with Crippen LogP contribution in [0.15, 0.2) is 24.3 Å². The predicted molar refractivity (Wildman–Crippen MR) is 70.3 cm³/mol. The highest BCUT2D eigenvalue weighted by atomic mass is 19.4. The average Bonchev–Trinajstić information content (AvgIpc) is 2.84. The number of β-amino-alcohol motifs (C(OH)–C–C–N with tert-alkyl or cyclic N) is 1. The highest BCUT2D eigenvalue weighted by Gasteiger charge is 2.32. The first-order valence-corrected chi connectivity index (χ1v) is 6.60. The monoisotopic (exact) mass is 302 g/mol. The van der Waals surface area contributed by atoms with Gasteiger partial charge in [-0.15, -0.1) is 0 Å². The first-order chi connectivity index (χ1) is 9.77. The minimum atomic E-state index is -4.39. The molecule has 0 aliphatic carbocycles. The SMILES string of the molecule is CN(Cc1cccc(C(F)(F)F)c1)C(=O)[C@H]1C[C@@H](O)CN1. The number of nitrogens with zero attached hydrogens (tertiary/aromatic N) is 1. The number of hydrogen-bond donors (Lipinski definition) is 2. The summed E-state index contributed by atoms with van der Waals surface area (Å²) < 4.78 is 37.9. The molecule has 2 N–H and O–H groups in total. The molecule has 2 rings (SSSR count). The lowest BCUT2D eigenvalue weighted by Crippen LogP contribution is -2.41. The minimum absolute atomic E-state index is 0.0943. The Morgan fingerprint density at radius 2 is 2.19 bits per heavy atom. The second-order valence-electron chi connectivity index (χ2n) is 5.24. The van der Waals surface area contributed by atoms with Crippen molar-refractivity contribution in [3.05, 3.63) is 35.4 Å². The van der Waals surface area contributed by atoms with Crippen molar-refractivity contribution in [2.45, 2.75) is 31.3 Å². The van der Waals surface area contributed by atoms with E-state index in [1.165, 1.54) is 18.0 Å². The van der Waals surface area contributed by atoms with Crippen LogP contribution in [-0.2, 0) is 17.5 Å². The lowest BCUT2D eigenvalue weighted by Gasteiger charge is -2.21. The molecule has 0 radical (unpaired) electrons. The molecular formula is C14H17F3N2O2. The zero-order valence-electron chi connectivity index (χ0n) is 11.5. The molecule has 1 amide bonds. The van der Waals surface area contributed by atoms with Crippen LogP contribution >= 0.6 is 0 Å². The van der Waals surface area contributed by atoms with Crippen LogP contribution in [0.1, 0.15) is 17.5 Å². The number of carbonyl (C=O) groups excluding carboxylic acids is 1. The molecule has 1 aromatic carbocycles. The number of halogens is 3. The molecule has 0 bridgehead atoms. The van der Waals surface area contributed by atoms with E-state index >= 15 is 0 Å². The summed E-state index contributed by atoms with van der Waals surface area (Å²) >= 11 is 0. The van der Waals surface area contributed by atoms with Crippen molar-refractivity contribution in [1.82, 2.24) is 10.2 Å². The maximum absolute atomic E-state index is 12.6. The summed E-state index contributed by atoms with van der Waals surface area (Å²) in [6.07, 6.45) is -4.62. The van der Waals surface area contributed by atoms with Crippen molar-refractivity contribution >= 4 is 5.91 Å². The van der Waals surface area contributed by atoms with Crippen molar-refractivity contribution in [2.24, 2.45) is 0 Å². The van der Waals surface area contributed by atoms with E-state index in [-0.39, 0.29) is 12.5 Å². The summed E-state index contributed by atoms with van der Waals surface area (Å²) in [5.41, 5.74) is -0.311. The summed E-state index contributed by atoms with van der Waals surface area (Å²) in [5, 5.41) is 12.3. The predicted octanol–water partition coefficient (Wildman–Crippen LogP) is 1.39. The summed E-state index contributed by atoms with van der Waals surface area (Å²) in [5.74, 6) is -0.232. The van der Waals surface area contributed by atoms with E-state index in [1.807, 2.05) is 0 Å². The van der Waals surface area contributed by atoms with Crippen LogP contribution in [0, 0.1) is 0 Å². The molecule has 1 heterocycles.